The number of aromatic amines is 1. The lowest BCUT2D eigenvalue weighted by Gasteiger charge is -2.13. The van der Waals surface area contributed by atoms with Crippen LogP contribution in [0.2, 0.25) is 0 Å². The molecule has 0 spiro atoms. The minimum Gasteiger partial charge on any atom is -0.494 e. The van der Waals surface area contributed by atoms with Crippen molar-refractivity contribution in [3.05, 3.63) is 22.7 Å². The number of aromatic nitrogens is 2. The smallest absolute Gasteiger partial charge is 0.178 e. The Morgan fingerprint density at radius 3 is 2.89 bits per heavy atom. The molecule has 0 aliphatic rings. The van der Waals surface area contributed by atoms with Crippen LogP contribution >= 0.6 is 24.0 Å². The van der Waals surface area contributed by atoms with Gasteiger partial charge in [-0.3, -0.25) is 0 Å². The quantitative estimate of drug-likeness (QED) is 0.868. The third-order valence-electron chi connectivity index (χ3n) is 2.84. The summed E-state index contributed by atoms with van der Waals surface area (Å²) in [5.74, 6) is 0.800. The third kappa shape index (κ3) is 2.27. The average molecular weight is 286 g/mol. The number of methoxy groups -OCH3 is 1. The lowest BCUT2D eigenvalue weighted by atomic mass is 10.2. The van der Waals surface area contributed by atoms with Crippen molar-refractivity contribution in [2.45, 2.75) is 13.0 Å². The molecule has 0 saturated carbocycles. The Labute approximate surface area is 114 Å². The number of ether oxygens (including phenoxy) is 1. The summed E-state index contributed by atoms with van der Waals surface area (Å²) in [5, 5.41) is 0. The number of H-pyrrole nitrogens is 1. The summed E-state index contributed by atoms with van der Waals surface area (Å²) in [4.78, 5) is 3.03. The van der Waals surface area contributed by atoms with Gasteiger partial charge in [0.15, 0.2) is 16.3 Å². The summed E-state index contributed by atoms with van der Waals surface area (Å²) in [7, 11) is 1.46. The van der Waals surface area contributed by atoms with Crippen LogP contribution in [0.25, 0.3) is 11.0 Å². The molecule has 1 heterocycles. The molecule has 98 valence electrons. The van der Waals surface area contributed by atoms with E-state index in [4.69, 9.17) is 17.0 Å². The van der Waals surface area contributed by atoms with Gasteiger partial charge >= 0.3 is 0 Å². The number of hydrogen-bond acceptors (Lipinski definition) is 3. The first-order valence-electron chi connectivity index (χ1n) is 5.55. The molecule has 1 unspecified atom stereocenters. The van der Waals surface area contributed by atoms with E-state index in [9.17, 15) is 4.39 Å². The van der Waals surface area contributed by atoms with Crippen LogP contribution in [0.5, 0.6) is 5.75 Å². The number of thioether (sulfide) groups is 1. The minimum absolute atomic E-state index is 0.238. The lowest BCUT2D eigenvalue weighted by molar-refractivity contribution is 0.387. The van der Waals surface area contributed by atoms with Crippen molar-refractivity contribution in [2.75, 3.05) is 19.1 Å². The average Bonchev–Trinajstić information content (AvgIpc) is 2.63. The zero-order valence-electron chi connectivity index (χ0n) is 10.5. The van der Waals surface area contributed by atoms with Crippen LogP contribution in [-0.2, 0) is 0 Å². The Hall–Kier alpha value is -1.01. The molecule has 1 aromatic heterocycles. The van der Waals surface area contributed by atoms with E-state index in [0.29, 0.717) is 10.3 Å². The van der Waals surface area contributed by atoms with Gasteiger partial charge in [0.05, 0.1) is 18.1 Å². The van der Waals surface area contributed by atoms with Crippen LogP contribution in [0.15, 0.2) is 12.1 Å². The largest absolute Gasteiger partial charge is 0.494 e. The number of nitrogens with one attached hydrogen (secondary N) is 1. The first kappa shape index (κ1) is 13.4. The molecular weight excluding hydrogens is 271 g/mol. The molecule has 1 aromatic carbocycles. The molecule has 0 aliphatic carbocycles. The van der Waals surface area contributed by atoms with E-state index < -0.39 is 0 Å². The van der Waals surface area contributed by atoms with Gasteiger partial charge in [0, 0.05) is 23.9 Å². The van der Waals surface area contributed by atoms with E-state index in [-0.39, 0.29) is 17.6 Å². The molecule has 2 aromatic rings. The van der Waals surface area contributed by atoms with Gasteiger partial charge in [0.2, 0.25) is 0 Å². The van der Waals surface area contributed by atoms with Crippen LogP contribution in [0.1, 0.15) is 13.0 Å². The van der Waals surface area contributed by atoms with E-state index in [1.165, 1.54) is 13.2 Å². The van der Waals surface area contributed by atoms with Gasteiger partial charge in [-0.1, -0.05) is 0 Å². The summed E-state index contributed by atoms with van der Waals surface area (Å²) in [6.45, 7) is 2.09. The Balaban J connectivity index is 2.65. The molecule has 6 heteroatoms. The number of hydrogen-bond donors (Lipinski definition) is 1. The maximum Gasteiger partial charge on any atom is 0.178 e. The zero-order chi connectivity index (χ0) is 13.3. The second kappa shape index (κ2) is 5.32. The number of rotatable bonds is 4. The predicted octanol–water partition coefficient (Wildman–Crippen LogP) is 3.77. The molecule has 3 nitrogen and oxygen atoms in total. The third-order valence-corrected chi connectivity index (χ3v) is 3.95. The summed E-state index contributed by atoms with van der Waals surface area (Å²) >= 11 is 7.05. The monoisotopic (exact) mass is 286 g/mol. The SMILES string of the molecule is COc1cc2c(cc1F)[nH]c(=S)n2C(C)CSC. The number of imidazole rings is 1. The van der Waals surface area contributed by atoms with Crippen LogP contribution in [0.4, 0.5) is 4.39 Å². The second-order valence-electron chi connectivity index (χ2n) is 4.11. The highest BCUT2D eigenvalue weighted by Crippen LogP contribution is 2.27. The number of fused-ring (bicyclic) bond motifs is 1. The fraction of sp³-hybridized carbons (Fsp3) is 0.417. The van der Waals surface area contributed by atoms with Crippen LogP contribution in [-0.4, -0.2) is 28.7 Å². The first-order valence-corrected chi connectivity index (χ1v) is 7.35. The normalized spacial score (nSPS) is 12.9. The molecule has 2 rings (SSSR count). The molecule has 0 aliphatic heterocycles. The van der Waals surface area contributed by atoms with Crippen molar-refractivity contribution in [3.8, 4) is 5.75 Å². The number of benzene rings is 1. The Morgan fingerprint density at radius 2 is 2.28 bits per heavy atom. The maximum atomic E-state index is 13.6. The highest BCUT2D eigenvalue weighted by atomic mass is 32.2. The zero-order valence-corrected chi connectivity index (χ0v) is 12.1. The molecule has 1 N–H and O–H groups in total. The van der Waals surface area contributed by atoms with Gasteiger partial charge in [0.1, 0.15) is 0 Å². The van der Waals surface area contributed by atoms with Gasteiger partial charge < -0.3 is 14.3 Å². The van der Waals surface area contributed by atoms with E-state index in [2.05, 4.69) is 18.2 Å². The second-order valence-corrected chi connectivity index (χ2v) is 5.41. The Bertz CT molecular complexity index is 620. The van der Waals surface area contributed by atoms with Crippen LogP contribution < -0.4 is 4.74 Å². The lowest BCUT2D eigenvalue weighted by Crippen LogP contribution is -2.07. The predicted molar refractivity (Wildman–Crippen MR) is 76.7 cm³/mol. The molecule has 0 saturated heterocycles. The standard InChI is InChI=1S/C12H15FN2OS2/c1-7(6-18-3)15-10-5-11(16-2)8(13)4-9(10)14-12(15)17/h4-5,7H,6H2,1-3H3,(H,14,17). The molecular formula is C12H15FN2OS2. The first-order chi connectivity index (χ1) is 8.58. The molecule has 1 atom stereocenters. The summed E-state index contributed by atoms with van der Waals surface area (Å²) < 4.78 is 21.2. The van der Waals surface area contributed by atoms with Crippen molar-refractivity contribution in [1.29, 1.82) is 0 Å². The van der Waals surface area contributed by atoms with Crippen LogP contribution in [0.3, 0.4) is 0 Å². The highest BCUT2D eigenvalue weighted by Gasteiger charge is 2.14. The number of nitrogens with zero attached hydrogens (tertiary/aromatic N) is 1. The molecule has 0 bridgehead atoms. The van der Waals surface area contributed by atoms with Crippen molar-refractivity contribution in [2.24, 2.45) is 0 Å². The van der Waals surface area contributed by atoms with Gasteiger partial charge in [-0.25, -0.2) is 4.39 Å². The van der Waals surface area contributed by atoms with E-state index in [1.54, 1.807) is 17.8 Å². The van der Waals surface area contributed by atoms with Crippen LogP contribution in [0, 0.1) is 10.6 Å². The van der Waals surface area contributed by atoms with Crippen molar-refractivity contribution in [1.82, 2.24) is 9.55 Å². The van der Waals surface area contributed by atoms with Gasteiger partial charge in [-0.15, -0.1) is 0 Å². The Kier molecular flexibility index (Phi) is 3.97. The summed E-state index contributed by atoms with van der Waals surface area (Å²) in [6, 6.07) is 3.36. The van der Waals surface area contributed by atoms with Gasteiger partial charge in [0.25, 0.3) is 0 Å². The fourth-order valence-electron chi connectivity index (χ4n) is 2.04. The van der Waals surface area contributed by atoms with Crippen molar-refractivity contribution < 1.29 is 9.13 Å². The number of halogens is 1. The van der Waals surface area contributed by atoms with Gasteiger partial charge in [-0.2, -0.15) is 11.8 Å². The molecule has 0 fully saturated rings. The highest BCUT2D eigenvalue weighted by molar-refractivity contribution is 7.98. The molecule has 18 heavy (non-hydrogen) atoms. The summed E-state index contributed by atoms with van der Waals surface area (Å²) in [5.41, 5.74) is 1.58. The molecule has 0 radical (unpaired) electrons. The van der Waals surface area contributed by atoms with E-state index in [0.717, 1.165) is 11.3 Å². The summed E-state index contributed by atoms with van der Waals surface area (Å²) in [6.07, 6.45) is 2.05. The topological polar surface area (TPSA) is 29.9 Å². The molecule has 0 amide bonds. The fourth-order valence-corrected chi connectivity index (χ4v) is 3.06. The maximum absolute atomic E-state index is 13.6. The Morgan fingerprint density at radius 1 is 1.56 bits per heavy atom. The van der Waals surface area contributed by atoms with Crippen molar-refractivity contribution >= 4 is 35.0 Å². The van der Waals surface area contributed by atoms with Gasteiger partial charge in [-0.05, 0) is 25.4 Å². The minimum atomic E-state index is -0.383. The van der Waals surface area contributed by atoms with E-state index in [1.807, 2.05) is 4.57 Å². The van der Waals surface area contributed by atoms with Crippen molar-refractivity contribution in [3.63, 3.8) is 0 Å². The van der Waals surface area contributed by atoms with E-state index >= 15 is 0 Å².